The van der Waals surface area contributed by atoms with Crippen LogP contribution in [0.15, 0.2) is 109 Å². The molecule has 2 nitrogen and oxygen atoms in total. The largest absolute Gasteiger partial charge is 0.310 e. The van der Waals surface area contributed by atoms with Gasteiger partial charge in [0.25, 0.3) is 0 Å². The van der Waals surface area contributed by atoms with Gasteiger partial charge in [-0.25, -0.2) is 0 Å². The second-order valence-corrected chi connectivity index (χ2v) is 17.7. The molecule has 314 valence electrons. The minimum absolute atomic E-state index is 1.17. The van der Waals surface area contributed by atoms with E-state index in [-0.39, 0.29) is 0 Å². The van der Waals surface area contributed by atoms with Gasteiger partial charge in [0.15, 0.2) is 0 Å². The van der Waals surface area contributed by atoms with Crippen molar-refractivity contribution in [1.29, 1.82) is 0 Å². The Hall–Kier alpha value is -6.38. The summed E-state index contributed by atoms with van der Waals surface area (Å²) in [7, 11) is 0. The van der Waals surface area contributed by atoms with Gasteiger partial charge in [0.05, 0.1) is 0 Å². The minimum Gasteiger partial charge on any atom is -0.310 e. The average molecular weight is 813 g/mol. The second-order valence-electron chi connectivity index (χ2n) is 17.7. The molecule has 0 bridgehead atoms. The van der Waals surface area contributed by atoms with Crippen LogP contribution < -0.4 is 9.80 Å². The Kier molecular flexibility index (Phi) is 12.6. The summed E-state index contributed by atoms with van der Waals surface area (Å²) in [5, 5.41) is 0. The van der Waals surface area contributed by atoms with Gasteiger partial charge in [0.2, 0.25) is 0 Å². The van der Waals surface area contributed by atoms with Crippen molar-refractivity contribution >= 4 is 58.4 Å². The molecule has 0 aliphatic carbocycles. The number of hydrogen-bond donors (Lipinski definition) is 0. The minimum atomic E-state index is 1.17. The molecule has 0 atom stereocenters. The summed E-state index contributed by atoms with van der Waals surface area (Å²) in [6, 6.07) is 40.6. The van der Waals surface area contributed by atoms with Gasteiger partial charge in [-0.05, 0) is 246 Å². The Morgan fingerprint density at radius 1 is 0.258 bits per heavy atom. The quantitative estimate of drug-likeness (QED) is 0.127. The summed E-state index contributed by atoms with van der Waals surface area (Å²) >= 11 is 0. The molecule has 7 aromatic rings. The summed E-state index contributed by atoms with van der Waals surface area (Å²) in [5.41, 5.74) is 30.3. The van der Waals surface area contributed by atoms with Gasteiger partial charge >= 0.3 is 0 Å². The molecule has 0 saturated heterocycles. The van der Waals surface area contributed by atoms with E-state index >= 15 is 0 Å². The van der Waals surface area contributed by atoms with E-state index in [0.29, 0.717) is 0 Å². The maximum absolute atomic E-state index is 2.45. The second kappa shape index (κ2) is 17.9. The number of anilines is 6. The Bertz CT molecular complexity index is 2590. The van der Waals surface area contributed by atoms with Gasteiger partial charge in [-0.2, -0.15) is 0 Å². The van der Waals surface area contributed by atoms with Crippen molar-refractivity contribution in [2.24, 2.45) is 0 Å². The van der Waals surface area contributed by atoms with Crippen LogP contribution in [0.25, 0.3) is 24.3 Å². The average Bonchev–Trinajstić information content (AvgIpc) is 3.25. The maximum atomic E-state index is 2.45. The van der Waals surface area contributed by atoms with Gasteiger partial charge in [0.1, 0.15) is 0 Å². The van der Waals surface area contributed by atoms with Gasteiger partial charge in [-0.15, -0.1) is 0 Å². The lowest BCUT2D eigenvalue weighted by Gasteiger charge is -2.31. The third kappa shape index (κ3) is 8.44. The van der Waals surface area contributed by atoms with Crippen LogP contribution in [0.2, 0.25) is 0 Å². The lowest BCUT2D eigenvalue weighted by molar-refractivity contribution is 1.16. The molecular weight excluding hydrogens is 749 g/mol. The number of aryl methyl sites for hydroxylation is 6. The van der Waals surface area contributed by atoms with Crippen LogP contribution in [-0.4, -0.2) is 0 Å². The van der Waals surface area contributed by atoms with E-state index in [1.54, 1.807) is 0 Å². The van der Waals surface area contributed by atoms with Crippen molar-refractivity contribution in [3.8, 4) is 0 Å². The molecule has 0 saturated carbocycles. The molecule has 0 aliphatic heterocycles. The molecule has 0 N–H and O–H groups in total. The van der Waals surface area contributed by atoms with E-state index in [4.69, 9.17) is 0 Å². The summed E-state index contributed by atoms with van der Waals surface area (Å²) in [6.07, 6.45) is 9.03. The molecule has 7 aromatic carbocycles. The molecule has 0 aliphatic rings. The van der Waals surface area contributed by atoms with E-state index < -0.39 is 0 Å². The highest BCUT2D eigenvalue weighted by Gasteiger charge is 2.22. The van der Waals surface area contributed by atoms with Crippen LogP contribution in [-0.2, 0) is 0 Å². The van der Waals surface area contributed by atoms with Crippen LogP contribution in [0, 0.1) is 96.9 Å². The Morgan fingerprint density at radius 2 is 0.532 bits per heavy atom. The molecule has 2 heteroatoms. The summed E-state index contributed by atoms with van der Waals surface area (Å²) in [5.74, 6) is 0. The van der Waals surface area contributed by atoms with Crippen LogP contribution >= 0.6 is 0 Å². The summed E-state index contributed by atoms with van der Waals surface area (Å²) in [4.78, 5) is 4.90. The monoisotopic (exact) mass is 813 g/mol. The van der Waals surface area contributed by atoms with Crippen molar-refractivity contribution in [2.45, 2.75) is 96.9 Å². The van der Waals surface area contributed by atoms with Gasteiger partial charge in [-0.3, -0.25) is 0 Å². The molecule has 0 radical (unpaired) electrons. The molecule has 0 amide bonds. The van der Waals surface area contributed by atoms with Crippen molar-refractivity contribution in [3.63, 3.8) is 0 Å². The smallest absolute Gasteiger partial charge is 0.0493 e. The number of nitrogens with zero attached hydrogens (tertiary/aromatic N) is 2. The summed E-state index contributed by atoms with van der Waals surface area (Å²) in [6.45, 7) is 31.2. The van der Waals surface area contributed by atoms with Crippen LogP contribution in [0.4, 0.5) is 34.1 Å². The van der Waals surface area contributed by atoms with E-state index in [1.807, 2.05) is 0 Å². The van der Waals surface area contributed by atoms with Crippen LogP contribution in [0.5, 0.6) is 0 Å². The third-order valence-corrected chi connectivity index (χ3v) is 14.0. The predicted molar refractivity (Wildman–Crippen MR) is 273 cm³/mol. The Morgan fingerprint density at radius 3 is 0.806 bits per heavy atom. The molecular formula is C60H64N2. The molecule has 0 spiro atoms. The standard InChI is InChI=1S/C60H64N2/c1-37-19-31-57(47(11)43(37)7)61(58-32-20-38(2)44(8)48(58)12)55-29-27-51(41(5)35-55)23-25-53-17-15-16-18-54(53)26-24-52-28-30-56(36-42(52)6)62(59-33-21-39(3)45(9)49(59)13)60-34-22-40(4)46(10)50(60)14/h15-36H,1-14H3/b25-23+,26-24+. The van der Waals surface area contributed by atoms with E-state index in [0.717, 1.165) is 0 Å². The molecule has 62 heavy (non-hydrogen) atoms. The fourth-order valence-corrected chi connectivity index (χ4v) is 8.70. The van der Waals surface area contributed by atoms with Gasteiger partial charge in [0, 0.05) is 34.1 Å². The number of benzene rings is 7. The highest BCUT2D eigenvalue weighted by Crippen LogP contribution is 2.43. The lowest BCUT2D eigenvalue weighted by atomic mass is 9.97. The molecule has 7 rings (SSSR count). The molecule has 0 fully saturated rings. The zero-order valence-electron chi connectivity index (χ0n) is 39.6. The normalized spacial score (nSPS) is 11.6. The third-order valence-electron chi connectivity index (χ3n) is 14.0. The summed E-state index contributed by atoms with van der Waals surface area (Å²) < 4.78 is 0. The highest BCUT2D eigenvalue weighted by molar-refractivity contribution is 5.86. The van der Waals surface area contributed by atoms with Crippen molar-refractivity contribution in [3.05, 3.63) is 209 Å². The number of hydrogen-bond acceptors (Lipinski definition) is 2. The Labute approximate surface area is 372 Å². The van der Waals surface area contributed by atoms with Crippen LogP contribution in [0.1, 0.15) is 100 Å². The molecule has 0 heterocycles. The first-order valence-corrected chi connectivity index (χ1v) is 22.1. The fourth-order valence-electron chi connectivity index (χ4n) is 8.70. The van der Waals surface area contributed by atoms with Crippen molar-refractivity contribution in [1.82, 2.24) is 0 Å². The SMILES string of the molecule is Cc1cc(N(c2ccc(C)c(C)c2C)c2ccc(C)c(C)c2C)ccc1/C=C/c1ccccc1/C=C/c1ccc(N(c2ccc(C)c(C)c2C)c2ccc(C)c(C)c2C)cc1C. The van der Waals surface area contributed by atoms with Crippen molar-refractivity contribution in [2.75, 3.05) is 9.80 Å². The van der Waals surface area contributed by atoms with Gasteiger partial charge < -0.3 is 9.80 Å². The maximum Gasteiger partial charge on any atom is 0.0493 e. The van der Waals surface area contributed by atoms with E-state index in [2.05, 4.69) is 240 Å². The van der Waals surface area contributed by atoms with Crippen LogP contribution in [0.3, 0.4) is 0 Å². The first kappa shape index (κ1) is 43.7. The number of rotatable bonds is 10. The van der Waals surface area contributed by atoms with E-state index in [9.17, 15) is 0 Å². The van der Waals surface area contributed by atoms with E-state index in [1.165, 1.54) is 134 Å². The highest BCUT2D eigenvalue weighted by atomic mass is 15.2. The molecule has 0 aromatic heterocycles. The molecule has 0 unspecified atom stereocenters. The Balaban J connectivity index is 1.19. The zero-order chi connectivity index (χ0) is 44.6. The lowest BCUT2D eigenvalue weighted by Crippen LogP contribution is -2.14. The first-order chi connectivity index (χ1) is 29.6. The van der Waals surface area contributed by atoms with Crippen molar-refractivity contribution < 1.29 is 0 Å². The first-order valence-electron chi connectivity index (χ1n) is 22.1. The van der Waals surface area contributed by atoms with Gasteiger partial charge in [-0.1, -0.05) is 85.0 Å². The zero-order valence-corrected chi connectivity index (χ0v) is 39.6. The fraction of sp³-hybridized carbons (Fsp3) is 0.233. The topological polar surface area (TPSA) is 6.48 Å². The predicted octanol–water partition coefficient (Wildman–Crippen LogP) is 17.3.